The molecule has 0 saturated heterocycles. The van der Waals surface area contributed by atoms with Crippen molar-refractivity contribution in [1.82, 2.24) is 4.98 Å². The summed E-state index contributed by atoms with van der Waals surface area (Å²) < 4.78 is 12.7. The van der Waals surface area contributed by atoms with E-state index in [1.165, 1.54) is 23.5 Å². The molecular formula is C11H9FN2S2. The van der Waals surface area contributed by atoms with Crippen molar-refractivity contribution in [3.05, 3.63) is 40.5 Å². The minimum Gasteiger partial charge on any atom is -0.393 e. The van der Waals surface area contributed by atoms with Crippen molar-refractivity contribution in [2.45, 2.75) is 6.42 Å². The number of hydrogen-bond acceptors (Lipinski definition) is 3. The summed E-state index contributed by atoms with van der Waals surface area (Å²) in [4.78, 5) is 4.81. The van der Waals surface area contributed by atoms with Crippen LogP contribution in [0.5, 0.6) is 0 Å². The summed E-state index contributed by atoms with van der Waals surface area (Å²) in [5, 5.41) is 2.80. The zero-order valence-corrected chi connectivity index (χ0v) is 9.95. The zero-order valence-electron chi connectivity index (χ0n) is 8.31. The van der Waals surface area contributed by atoms with Crippen LogP contribution in [0.3, 0.4) is 0 Å². The van der Waals surface area contributed by atoms with Crippen molar-refractivity contribution >= 4 is 28.5 Å². The maximum atomic E-state index is 12.7. The molecule has 0 radical (unpaired) electrons. The van der Waals surface area contributed by atoms with Crippen molar-refractivity contribution < 1.29 is 4.39 Å². The molecule has 0 saturated carbocycles. The monoisotopic (exact) mass is 252 g/mol. The maximum Gasteiger partial charge on any atom is 0.123 e. The van der Waals surface area contributed by atoms with Gasteiger partial charge in [0.05, 0.1) is 15.7 Å². The number of thiocarbonyl (C=S) groups is 1. The number of aromatic nitrogens is 1. The van der Waals surface area contributed by atoms with Gasteiger partial charge in [0.15, 0.2) is 0 Å². The maximum absolute atomic E-state index is 12.7. The number of rotatable bonds is 3. The Balaban J connectivity index is 2.24. The summed E-state index contributed by atoms with van der Waals surface area (Å²) in [6, 6.07) is 6.24. The highest BCUT2D eigenvalue weighted by atomic mass is 32.1. The molecule has 0 aliphatic rings. The molecule has 2 rings (SSSR count). The second-order valence-corrected chi connectivity index (χ2v) is 4.74. The highest BCUT2D eigenvalue weighted by Crippen LogP contribution is 2.22. The van der Waals surface area contributed by atoms with Crippen molar-refractivity contribution in [2.75, 3.05) is 0 Å². The van der Waals surface area contributed by atoms with Gasteiger partial charge in [-0.1, -0.05) is 12.2 Å². The van der Waals surface area contributed by atoms with Crippen LogP contribution in [0.15, 0.2) is 29.6 Å². The molecule has 0 aliphatic heterocycles. The Kier molecular flexibility index (Phi) is 3.26. The van der Waals surface area contributed by atoms with Crippen LogP contribution in [-0.2, 0) is 6.42 Å². The summed E-state index contributed by atoms with van der Waals surface area (Å²) in [6.45, 7) is 0. The average Bonchev–Trinajstić information content (AvgIpc) is 2.66. The van der Waals surface area contributed by atoms with Crippen molar-refractivity contribution in [3.63, 3.8) is 0 Å². The normalized spacial score (nSPS) is 10.3. The van der Waals surface area contributed by atoms with Gasteiger partial charge in [0.1, 0.15) is 5.82 Å². The van der Waals surface area contributed by atoms with E-state index >= 15 is 0 Å². The molecular weight excluding hydrogens is 243 g/mol. The lowest BCUT2D eigenvalue weighted by Crippen LogP contribution is -2.10. The fourth-order valence-corrected chi connectivity index (χ4v) is 2.35. The van der Waals surface area contributed by atoms with Crippen molar-refractivity contribution in [3.8, 4) is 11.3 Å². The van der Waals surface area contributed by atoms with Crippen LogP contribution in [0.4, 0.5) is 4.39 Å². The predicted molar refractivity (Wildman–Crippen MR) is 68.0 cm³/mol. The minimum absolute atomic E-state index is 0.248. The van der Waals surface area contributed by atoms with Crippen molar-refractivity contribution in [1.29, 1.82) is 0 Å². The molecule has 0 amide bonds. The molecule has 0 unspecified atom stereocenters. The van der Waals surface area contributed by atoms with Gasteiger partial charge in [-0.2, -0.15) is 0 Å². The van der Waals surface area contributed by atoms with E-state index in [0.29, 0.717) is 11.4 Å². The summed E-state index contributed by atoms with van der Waals surface area (Å²) >= 11 is 6.32. The van der Waals surface area contributed by atoms with Crippen LogP contribution in [0, 0.1) is 5.82 Å². The summed E-state index contributed by atoms with van der Waals surface area (Å²) in [5.74, 6) is -0.248. The van der Waals surface area contributed by atoms with E-state index in [2.05, 4.69) is 4.98 Å². The number of hydrogen-bond donors (Lipinski definition) is 1. The molecule has 16 heavy (non-hydrogen) atoms. The first-order chi connectivity index (χ1) is 7.65. The zero-order chi connectivity index (χ0) is 11.5. The SMILES string of the molecule is NC(=S)Cc1nc(-c2ccc(F)cc2)cs1. The molecule has 82 valence electrons. The van der Waals surface area contributed by atoms with Gasteiger partial charge in [-0.3, -0.25) is 0 Å². The minimum atomic E-state index is -0.248. The van der Waals surface area contributed by atoms with E-state index < -0.39 is 0 Å². The number of nitrogens with two attached hydrogens (primary N) is 1. The summed E-state index contributed by atoms with van der Waals surface area (Å²) in [7, 11) is 0. The fraction of sp³-hybridized carbons (Fsp3) is 0.0909. The first-order valence-electron chi connectivity index (χ1n) is 4.64. The van der Waals surface area contributed by atoms with Crippen LogP contribution in [0.25, 0.3) is 11.3 Å². The molecule has 0 atom stereocenters. The molecule has 0 spiro atoms. The van der Waals surface area contributed by atoms with E-state index in [1.807, 2.05) is 5.38 Å². The summed E-state index contributed by atoms with van der Waals surface area (Å²) in [6.07, 6.45) is 0.515. The Morgan fingerprint density at radius 3 is 2.69 bits per heavy atom. The van der Waals surface area contributed by atoms with Gasteiger partial charge < -0.3 is 5.73 Å². The predicted octanol–water partition coefficient (Wildman–Crippen LogP) is 2.78. The van der Waals surface area contributed by atoms with Gasteiger partial charge in [0.2, 0.25) is 0 Å². The lowest BCUT2D eigenvalue weighted by molar-refractivity contribution is 0.628. The standard InChI is InChI=1S/C11H9FN2S2/c12-8-3-1-7(2-4-8)9-6-16-11(14-9)5-10(13)15/h1-4,6H,5H2,(H2,13,15). The third-order valence-electron chi connectivity index (χ3n) is 2.02. The van der Waals surface area contributed by atoms with E-state index in [1.54, 1.807) is 12.1 Å². The van der Waals surface area contributed by atoms with E-state index in [0.717, 1.165) is 16.3 Å². The lowest BCUT2D eigenvalue weighted by atomic mass is 10.2. The molecule has 2 N–H and O–H groups in total. The molecule has 2 nitrogen and oxygen atoms in total. The third kappa shape index (κ3) is 2.62. The first kappa shape index (κ1) is 11.2. The van der Waals surface area contributed by atoms with Gasteiger partial charge in [-0.25, -0.2) is 9.37 Å². The Hall–Kier alpha value is -1.33. The Labute approximate surface area is 102 Å². The Morgan fingerprint density at radius 1 is 1.38 bits per heavy atom. The van der Waals surface area contributed by atoms with Crippen LogP contribution in [0.1, 0.15) is 5.01 Å². The van der Waals surface area contributed by atoms with Crippen LogP contribution >= 0.6 is 23.6 Å². The van der Waals surface area contributed by atoms with Crippen LogP contribution in [0.2, 0.25) is 0 Å². The van der Waals surface area contributed by atoms with E-state index in [-0.39, 0.29) is 5.82 Å². The summed E-state index contributed by atoms with van der Waals surface area (Å²) in [5.41, 5.74) is 7.17. The quantitative estimate of drug-likeness (QED) is 0.854. The molecule has 1 aromatic heterocycles. The average molecular weight is 252 g/mol. The number of halogens is 1. The molecule has 0 fully saturated rings. The lowest BCUT2D eigenvalue weighted by Gasteiger charge is -1.95. The third-order valence-corrected chi connectivity index (χ3v) is 3.01. The fourth-order valence-electron chi connectivity index (χ4n) is 1.29. The topological polar surface area (TPSA) is 38.9 Å². The number of thiazole rings is 1. The molecule has 1 aromatic carbocycles. The van der Waals surface area contributed by atoms with Crippen LogP contribution < -0.4 is 5.73 Å². The highest BCUT2D eigenvalue weighted by molar-refractivity contribution is 7.80. The number of nitrogens with zero attached hydrogens (tertiary/aromatic N) is 1. The van der Waals surface area contributed by atoms with Gasteiger partial charge in [0, 0.05) is 17.4 Å². The smallest absolute Gasteiger partial charge is 0.123 e. The Morgan fingerprint density at radius 2 is 2.06 bits per heavy atom. The van der Waals surface area contributed by atoms with Crippen LogP contribution in [-0.4, -0.2) is 9.97 Å². The van der Waals surface area contributed by atoms with E-state index in [4.69, 9.17) is 18.0 Å². The van der Waals surface area contributed by atoms with Gasteiger partial charge >= 0.3 is 0 Å². The van der Waals surface area contributed by atoms with Gasteiger partial charge in [0.25, 0.3) is 0 Å². The highest BCUT2D eigenvalue weighted by Gasteiger charge is 2.05. The van der Waals surface area contributed by atoms with Crippen molar-refractivity contribution in [2.24, 2.45) is 5.73 Å². The van der Waals surface area contributed by atoms with E-state index in [9.17, 15) is 4.39 Å². The number of benzene rings is 1. The first-order valence-corrected chi connectivity index (χ1v) is 5.92. The second kappa shape index (κ2) is 4.67. The largest absolute Gasteiger partial charge is 0.393 e. The second-order valence-electron chi connectivity index (χ2n) is 3.28. The molecule has 0 aliphatic carbocycles. The molecule has 1 heterocycles. The van der Waals surface area contributed by atoms with Gasteiger partial charge in [-0.15, -0.1) is 11.3 Å². The molecule has 0 bridgehead atoms. The molecule has 2 aromatic rings. The van der Waals surface area contributed by atoms with Gasteiger partial charge in [-0.05, 0) is 24.3 Å². The Bertz CT molecular complexity index is 505. The molecule has 5 heteroatoms.